The minimum atomic E-state index is -4.29. The molecule has 0 radical (unpaired) electrons. The van der Waals surface area contributed by atoms with Gasteiger partial charge in [0.2, 0.25) is 0 Å². The van der Waals surface area contributed by atoms with Crippen molar-refractivity contribution in [1.82, 2.24) is 0 Å². The van der Waals surface area contributed by atoms with Crippen LogP contribution in [0, 0.1) is 11.8 Å². The van der Waals surface area contributed by atoms with Gasteiger partial charge in [-0.15, -0.1) is 0 Å². The zero-order valence-electron chi connectivity index (χ0n) is 10.9. The SMILES string of the molecule is CC(C)C1CC(Nc2cc(C(F)(F)F)ccc2Br)C1. The normalized spacial score (nSPS) is 23.3. The Morgan fingerprint density at radius 1 is 1.26 bits per heavy atom. The summed E-state index contributed by atoms with van der Waals surface area (Å²) in [4.78, 5) is 0. The molecule has 0 atom stereocenters. The van der Waals surface area contributed by atoms with E-state index in [1.807, 2.05) is 0 Å². The second-order valence-corrected chi connectivity index (χ2v) is 6.36. The summed E-state index contributed by atoms with van der Waals surface area (Å²) in [5.41, 5.74) is -0.0834. The van der Waals surface area contributed by atoms with Gasteiger partial charge in [-0.3, -0.25) is 0 Å². The quantitative estimate of drug-likeness (QED) is 0.788. The van der Waals surface area contributed by atoms with E-state index in [1.165, 1.54) is 12.1 Å². The van der Waals surface area contributed by atoms with Gasteiger partial charge in [-0.05, 0) is 58.8 Å². The van der Waals surface area contributed by atoms with Gasteiger partial charge in [-0.25, -0.2) is 0 Å². The predicted molar refractivity (Wildman–Crippen MR) is 74.1 cm³/mol. The van der Waals surface area contributed by atoms with E-state index in [0.717, 1.165) is 18.9 Å². The molecule has 0 bridgehead atoms. The first-order valence-electron chi connectivity index (χ1n) is 6.40. The van der Waals surface area contributed by atoms with Gasteiger partial charge in [-0.1, -0.05) is 13.8 Å². The molecule has 0 saturated heterocycles. The molecule has 0 amide bonds. The Morgan fingerprint density at radius 3 is 2.42 bits per heavy atom. The molecule has 1 saturated carbocycles. The molecule has 19 heavy (non-hydrogen) atoms. The second-order valence-electron chi connectivity index (χ2n) is 5.51. The van der Waals surface area contributed by atoms with Gasteiger partial charge < -0.3 is 5.32 Å². The lowest BCUT2D eigenvalue weighted by Gasteiger charge is -2.39. The molecule has 0 spiro atoms. The topological polar surface area (TPSA) is 12.0 Å². The summed E-state index contributed by atoms with van der Waals surface area (Å²) in [6, 6.07) is 4.00. The average Bonchev–Trinajstić information content (AvgIpc) is 2.22. The van der Waals surface area contributed by atoms with Gasteiger partial charge in [0.1, 0.15) is 0 Å². The second kappa shape index (κ2) is 5.35. The fourth-order valence-electron chi connectivity index (χ4n) is 2.36. The fourth-order valence-corrected chi connectivity index (χ4v) is 2.72. The maximum Gasteiger partial charge on any atom is 0.416 e. The zero-order chi connectivity index (χ0) is 14.2. The van der Waals surface area contributed by atoms with Gasteiger partial charge in [0.25, 0.3) is 0 Å². The van der Waals surface area contributed by atoms with Crippen LogP contribution in [0.5, 0.6) is 0 Å². The molecule has 1 aliphatic carbocycles. The largest absolute Gasteiger partial charge is 0.416 e. The Kier molecular flexibility index (Phi) is 4.14. The maximum atomic E-state index is 12.7. The Morgan fingerprint density at radius 2 is 1.89 bits per heavy atom. The molecule has 0 heterocycles. The van der Waals surface area contributed by atoms with E-state index in [4.69, 9.17) is 0 Å². The van der Waals surface area contributed by atoms with Gasteiger partial charge in [0.05, 0.1) is 5.56 Å². The fraction of sp³-hybridized carbons (Fsp3) is 0.571. The molecule has 1 aromatic carbocycles. The van der Waals surface area contributed by atoms with Gasteiger partial charge in [-0.2, -0.15) is 13.2 Å². The lowest BCUT2D eigenvalue weighted by Crippen LogP contribution is -2.38. The molecule has 1 N–H and O–H groups in total. The van der Waals surface area contributed by atoms with Gasteiger partial charge in [0, 0.05) is 16.2 Å². The molecule has 2 rings (SSSR count). The summed E-state index contributed by atoms with van der Waals surface area (Å²) in [7, 11) is 0. The number of halogens is 4. The standard InChI is InChI=1S/C14H17BrF3N/c1-8(2)9-5-11(6-9)19-13-7-10(14(16,17)18)3-4-12(13)15/h3-4,7-9,11,19H,5-6H2,1-2H3. The van der Waals surface area contributed by atoms with Crippen LogP contribution in [0.1, 0.15) is 32.3 Å². The number of benzene rings is 1. The molecular formula is C14H17BrF3N. The minimum absolute atomic E-state index is 0.284. The summed E-state index contributed by atoms with van der Waals surface area (Å²) in [6.45, 7) is 4.36. The Balaban J connectivity index is 2.05. The van der Waals surface area contributed by atoms with Crippen molar-refractivity contribution in [3.05, 3.63) is 28.2 Å². The van der Waals surface area contributed by atoms with Crippen molar-refractivity contribution in [2.45, 2.75) is 38.9 Å². The first-order valence-corrected chi connectivity index (χ1v) is 7.20. The summed E-state index contributed by atoms with van der Waals surface area (Å²) in [5, 5.41) is 3.20. The Hall–Kier alpha value is -0.710. The third kappa shape index (κ3) is 3.44. The third-order valence-electron chi connectivity index (χ3n) is 3.77. The van der Waals surface area contributed by atoms with E-state index in [9.17, 15) is 13.2 Å². The van der Waals surface area contributed by atoms with Crippen LogP contribution in [0.4, 0.5) is 18.9 Å². The number of nitrogens with one attached hydrogen (secondary N) is 1. The lowest BCUT2D eigenvalue weighted by atomic mass is 9.73. The van der Waals surface area contributed by atoms with Crippen molar-refractivity contribution in [2.24, 2.45) is 11.8 Å². The smallest absolute Gasteiger partial charge is 0.381 e. The summed E-state index contributed by atoms with van der Waals surface area (Å²) in [6.07, 6.45) is -2.24. The molecule has 0 unspecified atom stereocenters. The van der Waals surface area contributed by atoms with Gasteiger partial charge in [0.15, 0.2) is 0 Å². The summed E-state index contributed by atoms with van der Waals surface area (Å²) >= 11 is 3.29. The van der Waals surface area contributed by atoms with Crippen molar-refractivity contribution in [1.29, 1.82) is 0 Å². The number of alkyl halides is 3. The zero-order valence-corrected chi connectivity index (χ0v) is 12.5. The van der Waals surface area contributed by atoms with E-state index in [2.05, 4.69) is 35.1 Å². The highest BCUT2D eigenvalue weighted by atomic mass is 79.9. The molecule has 1 nitrogen and oxygen atoms in total. The van der Waals surface area contributed by atoms with E-state index in [-0.39, 0.29) is 6.04 Å². The van der Waals surface area contributed by atoms with Crippen molar-refractivity contribution in [3.63, 3.8) is 0 Å². The van der Waals surface area contributed by atoms with E-state index < -0.39 is 11.7 Å². The average molecular weight is 336 g/mol. The first-order chi connectivity index (χ1) is 8.77. The molecule has 0 aliphatic heterocycles. The van der Waals surface area contributed by atoms with Crippen molar-refractivity contribution in [3.8, 4) is 0 Å². The minimum Gasteiger partial charge on any atom is -0.381 e. The third-order valence-corrected chi connectivity index (χ3v) is 4.46. The number of hydrogen-bond acceptors (Lipinski definition) is 1. The predicted octanol–water partition coefficient (Wildman–Crippen LogP) is 5.31. The highest BCUT2D eigenvalue weighted by Crippen LogP contribution is 2.38. The molecule has 0 aromatic heterocycles. The van der Waals surface area contributed by atoms with E-state index in [1.54, 1.807) is 0 Å². The van der Waals surface area contributed by atoms with Crippen LogP contribution >= 0.6 is 15.9 Å². The van der Waals surface area contributed by atoms with Crippen molar-refractivity contribution in [2.75, 3.05) is 5.32 Å². The number of anilines is 1. The molecular weight excluding hydrogens is 319 g/mol. The van der Waals surface area contributed by atoms with Crippen molar-refractivity contribution >= 4 is 21.6 Å². The van der Waals surface area contributed by atoms with Gasteiger partial charge >= 0.3 is 6.18 Å². The monoisotopic (exact) mass is 335 g/mol. The van der Waals surface area contributed by atoms with Crippen molar-refractivity contribution < 1.29 is 13.2 Å². The molecule has 1 fully saturated rings. The van der Waals surface area contributed by atoms with Crippen LogP contribution in [0.3, 0.4) is 0 Å². The van der Waals surface area contributed by atoms with Crippen LogP contribution < -0.4 is 5.32 Å². The summed E-state index contributed by atoms with van der Waals surface area (Å²) < 4.78 is 38.6. The van der Waals surface area contributed by atoms with Crippen LogP contribution in [-0.4, -0.2) is 6.04 Å². The van der Waals surface area contributed by atoms with Crippen LogP contribution in [-0.2, 0) is 6.18 Å². The highest BCUT2D eigenvalue weighted by Gasteiger charge is 2.33. The van der Waals surface area contributed by atoms with Crippen LogP contribution in [0.15, 0.2) is 22.7 Å². The lowest BCUT2D eigenvalue weighted by molar-refractivity contribution is -0.137. The molecule has 106 valence electrons. The Bertz CT molecular complexity index is 450. The molecule has 1 aliphatic rings. The maximum absolute atomic E-state index is 12.7. The highest BCUT2D eigenvalue weighted by molar-refractivity contribution is 9.10. The number of rotatable bonds is 3. The molecule has 5 heteroatoms. The molecule has 1 aromatic rings. The first kappa shape index (κ1) is 14.7. The van der Waals surface area contributed by atoms with Crippen LogP contribution in [0.25, 0.3) is 0 Å². The van der Waals surface area contributed by atoms with E-state index in [0.29, 0.717) is 22.0 Å². The summed E-state index contributed by atoms with van der Waals surface area (Å²) in [5.74, 6) is 1.32. The van der Waals surface area contributed by atoms with Crippen LogP contribution in [0.2, 0.25) is 0 Å². The number of hydrogen-bond donors (Lipinski definition) is 1. The Labute approximate surface area is 119 Å². The van der Waals surface area contributed by atoms with E-state index >= 15 is 0 Å².